The first-order chi connectivity index (χ1) is 8.77. The minimum atomic E-state index is -4.22. The molecule has 6 heteroatoms. The Bertz CT molecular complexity index is 458. The fourth-order valence-corrected chi connectivity index (χ4v) is 1.35. The number of hydrogen-bond acceptors (Lipinski definition) is 3. The van der Waals surface area contributed by atoms with Crippen LogP contribution < -0.4 is 4.74 Å². The molecule has 19 heavy (non-hydrogen) atoms. The third kappa shape index (κ3) is 3.87. The maximum absolute atomic E-state index is 13.4. The summed E-state index contributed by atoms with van der Waals surface area (Å²) in [6.45, 7) is 4.81. The summed E-state index contributed by atoms with van der Waals surface area (Å²) in [5, 5.41) is 0. The second-order valence-electron chi connectivity index (χ2n) is 4.18. The lowest BCUT2D eigenvalue weighted by molar-refractivity contribution is -0.217. The molecule has 1 rings (SSSR count). The summed E-state index contributed by atoms with van der Waals surface area (Å²) in [4.78, 5) is 11.0. The predicted octanol–water partition coefficient (Wildman–Crippen LogP) is 3.48. The summed E-state index contributed by atoms with van der Waals surface area (Å²) in [6, 6.07) is 3.63. The molecular formula is C13H15F3O3. The van der Waals surface area contributed by atoms with Crippen LogP contribution >= 0.6 is 0 Å². The normalized spacial score (nSPS) is 11.5. The Morgan fingerprint density at radius 3 is 2.53 bits per heavy atom. The zero-order chi connectivity index (χ0) is 14.6. The molecule has 0 bridgehead atoms. The fraction of sp³-hybridized carbons (Fsp3) is 0.462. The summed E-state index contributed by atoms with van der Waals surface area (Å²) >= 11 is 0. The van der Waals surface area contributed by atoms with E-state index in [1.165, 1.54) is 13.0 Å². The van der Waals surface area contributed by atoms with E-state index in [0.717, 1.165) is 12.1 Å². The number of rotatable bonds is 5. The third-order valence-corrected chi connectivity index (χ3v) is 2.37. The molecular weight excluding hydrogens is 261 g/mol. The quantitative estimate of drug-likeness (QED) is 0.772. The fourth-order valence-electron chi connectivity index (χ4n) is 1.35. The van der Waals surface area contributed by atoms with Crippen LogP contribution in [0.15, 0.2) is 18.2 Å². The lowest BCUT2D eigenvalue weighted by atomic mass is 10.0. The van der Waals surface area contributed by atoms with E-state index in [9.17, 15) is 18.0 Å². The van der Waals surface area contributed by atoms with Crippen molar-refractivity contribution >= 4 is 5.97 Å². The molecule has 0 saturated heterocycles. The summed E-state index contributed by atoms with van der Waals surface area (Å²) in [6.07, 6.45) is -4.22. The van der Waals surface area contributed by atoms with Gasteiger partial charge in [-0.1, -0.05) is 19.9 Å². The predicted molar refractivity (Wildman–Crippen MR) is 62.7 cm³/mol. The summed E-state index contributed by atoms with van der Waals surface area (Å²) < 4.78 is 48.4. The Labute approximate surface area is 109 Å². The van der Waals surface area contributed by atoms with E-state index in [1.54, 1.807) is 0 Å². The topological polar surface area (TPSA) is 35.5 Å². The highest BCUT2D eigenvalue weighted by atomic mass is 19.3. The van der Waals surface area contributed by atoms with Gasteiger partial charge in [-0.2, -0.15) is 8.78 Å². The van der Waals surface area contributed by atoms with Crippen molar-refractivity contribution in [2.24, 2.45) is 0 Å². The third-order valence-electron chi connectivity index (χ3n) is 2.37. The minimum absolute atomic E-state index is 0.0131. The second kappa shape index (κ2) is 5.95. The molecule has 106 valence electrons. The largest absolute Gasteiger partial charge is 0.502 e. The standard InChI is InChI=1S/C13H15F3O3/c1-4-18-12(17)13(15,16)19-11-7-9(8(2)3)5-6-10(11)14/h5-8H,4H2,1-3H3. The highest BCUT2D eigenvalue weighted by Gasteiger charge is 2.44. The Hall–Kier alpha value is -1.72. The molecule has 0 aliphatic carbocycles. The molecule has 3 nitrogen and oxygen atoms in total. The molecule has 0 atom stereocenters. The first-order valence-corrected chi connectivity index (χ1v) is 5.81. The number of hydrogen-bond donors (Lipinski definition) is 0. The van der Waals surface area contributed by atoms with E-state index >= 15 is 0 Å². The van der Waals surface area contributed by atoms with Crippen LogP contribution in [0.1, 0.15) is 32.3 Å². The molecule has 0 N–H and O–H groups in total. The van der Waals surface area contributed by atoms with Crippen LogP contribution in [0.25, 0.3) is 0 Å². The van der Waals surface area contributed by atoms with E-state index < -0.39 is 23.6 Å². The molecule has 0 saturated carbocycles. The van der Waals surface area contributed by atoms with E-state index in [2.05, 4.69) is 9.47 Å². The van der Waals surface area contributed by atoms with Crippen LogP contribution in [0.4, 0.5) is 13.2 Å². The van der Waals surface area contributed by atoms with Crippen molar-refractivity contribution in [2.45, 2.75) is 32.8 Å². The van der Waals surface area contributed by atoms with Crippen LogP contribution in [0.5, 0.6) is 5.75 Å². The number of benzene rings is 1. The van der Waals surface area contributed by atoms with Gasteiger partial charge in [0.25, 0.3) is 0 Å². The minimum Gasteiger partial charge on any atom is -0.459 e. The number of carbonyl (C=O) groups is 1. The Morgan fingerprint density at radius 2 is 2.00 bits per heavy atom. The van der Waals surface area contributed by atoms with Gasteiger partial charge >= 0.3 is 12.1 Å². The van der Waals surface area contributed by atoms with Gasteiger partial charge in [0, 0.05) is 0 Å². The molecule has 0 unspecified atom stereocenters. The first kappa shape index (κ1) is 15.3. The highest BCUT2D eigenvalue weighted by molar-refractivity contribution is 5.76. The van der Waals surface area contributed by atoms with Crippen LogP contribution in [-0.4, -0.2) is 18.7 Å². The molecule has 0 aromatic heterocycles. The van der Waals surface area contributed by atoms with E-state index in [4.69, 9.17) is 0 Å². The lowest BCUT2D eigenvalue weighted by Gasteiger charge is -2.17. The lowest BCUT2D eigenvalue weighted by Crippen LogP contribution is -2.37. The average Bonchev–Trinajstić information content (AvgIpc) is 2.31. The highest BCUT2D eigenvalue weighted by Crippen LogP contribution is 2.28. The smallest absolute Gasteiger partial charge is 0.459 e. The van der Waals surface area contributed by atoms with Gasteiger partial charge in [0.05, 0.1) is 6.61 Å². The monoisotopic (exact) mass is 276 g/mol. The number of carbonyl (C=O) groups excluding carboxylic acids is 1. The van der Waals surface area contributed by atoms with Gasteiger partial charge in [0.2, 0.25) is 0 Å². The van der Waals surface area contributed by atoms with Crippen molar-refractivity contribution in [3.63, 3.8) is 0 Å². The van der Waals surface area contributed by atoms with Gasteiger partial charge in [-0.05, 0) is 30.5 Å². The van der Waals surface area contributed by atoms with Crippen LogP contribution in [-0.2, 0) is 9.53 Å². The molecule has 0 radical (unpaired) electrons. The Kier molecular flexibility index (Phi) is 4.80. The first-order valence-electron chi connectivity index (χ1n) is 5.81. The van der Waals surface area contributed by atoms with Crippen LogP contribution in [0.2, 0.25) is 0 Å². The summed E-state index contributed by atoms with van der Waals surface area (Å²) in [7, 11) is 0. The molecule has 0 aliphatic rings. The molecule has 1 aromatic carbocycles. The van der Waals surface area contributed by atoms with Crippen molar-refractivity contribution in [1.82, 2.24) is 0 Å². The maximum atomic E-state index is 13.4. The molecule has 0 spiro atoms. The van der Waals surface area contributed by atoms with Crippen LogP contribution in [0.3, 0.4) is 0 Å². The van der Waals surface area contributed by atoms with Crippen molar-refractivity contribution in [2.75, 3.05) is 6.61 Å². The van der Waals surface area contributed by atoms with Gasteiger partial charge in [-0.25, -0.2) is 9.18 Å². The molecule has 0 fully saturated rings. The van der Waals surface area contributed by atoms with Crippen molar-refractivity contribution < 1.29 is 27.4 Å². The Morgan fingerprint density at radius 1 is 1.37 bits per heavy atom. The Balaban J connectivity index is 2.98. The van der Waals surface area contributed by atoms with Gasteiger partial charge in [0.15, 0.2) is 11.6 Å². The van der Waals surface area contributed by atoms with Crippen molar-refractivity contribution in [3.05, 3.63) is 29.6 Å². The number of esters is 1. The van der Waals surface area contributed by atoms with Crippen LogP contribution in [0, 0.1) is 5.82 Å². The van der Waals surface area contributed by atoms with Gasteiger partial charge in [0.1, 0.15) is 0 Å². The number of ether oxygens (including phenoxy) is 2. The van der Waals surface area contributed by atoms with Crippen molar-refractivity contribution in [3.8, 4) is 5.75 Å². The second-order valence-corrected chi connectivity index (χ2v) is 4.18. The molecule has 0 heterocycles. The number of halogens is 3. The van der Waals surface area contributed by atoms with Gasteiger partial charge < -0.3 is 9.47 Å². The molecule has 0 aliphatic heterocycles. The zero-order valence-electron chi connectivity index (χ0n) is 10.9. The number of alkyl halides is 2. The maximum Gasteiger partial charge on any atom is 0.502 e. The SMILES string of the molecule is CCOC(=O)C(F)(F)Oc1cc(C(C)C)ccc1F. The molecule has 1 aromatic rings. The summed E-state index contributed by atoms with van der Waals surface area (Å²) in [5.41, 5.74) is 0.621. The summed E-state index contributed by atoms with van der Waals surface area (Å²) in [5.74, 6) is -3.47. The van der Waals surface area contributed by atoms with E-state index in [-0.39, 0.29) is 12.5 Å². The van der Waals surface area contributed by atoms with Gasteiger partial charge in [-0.15, -0.1) is 0 Å². The zero-order valence-corrected chi connectivity index (χ0v) is 10.9. The van der Waals surface area contributed by atoms with Crippen molar-refractivity contribution in [1.29, 1.82) is 0 Å². The van der Waals surface area contributed by atoms with E-state index in [0.29, 0.717) is 5.56 Å². The molecule has 0 amide bonds. The average molecular weight is 276 g/mol. The van der Waals surface area contributed by atoms with Gasteiger partial charge in [-0.3, -0.25) is 0 Å². The van der Waals surface area contributed by atoms with E-state index in [1.807, 2.05) is 13.8 Å².